The third-order valence-electron chi connectivity index (χ3n) is 3.28. The number of imidazole rings is 1. The molecule has 7 nitrogen and oxygen atoms in total. The molecule has 0 fully saturated rings. The summed E-state index contributed by atoms with van der Waals surface area (Å²) in [7, 11) is -1.68. The number of nitrogens with zero attached hydrogens (tertiary/aromatic N) is 4. The SMILES string of the molecule is Cn1cnc2cnc(NCCS(=O)(=O)c3ccc(F)cc3)nc21. The van der Waals surface area contributed by atoms with Gasteiger partial charge in [-0.25, -0.2) is 22.8 Å². The van der Waals surface area contributed by atoms with E-state index in [9.17, 15) is 12.8 Å². The van der Waals surface area contributed by atoms with Crippen molar-refractivity contribution in [3.05, 3.63) is 42.6 Å². The van der Waals surface area contributed by atoms with Crippen LogP contribution in [0.1, 0.15) is 0 Å². The van der Waals surface area contributed by atoms with Crippen LogP contribution in [0.2, 0.25) is 0 Å². The first-order valence-corrected chi connectivity index (χ1v) is 8.47. The Morgan fingerprint density at radius 1 is 1.22 bits per heavy atom. The minimum atomic E-state index is -3.49. The zero-order valence-corrected chi connectivity index (χ0v) is 13.1. The molecule has 0 bridgehead atoms. The molecule has 0 spiro atoms. The number of rotatable bonds is 5. The molecule has 0 radical (unpaired) electrons. The molecular weight excluding hydrogens is 321 g/mol. The molecule has 0 aliphatic heterocycles. The summed E-state index contributed by atoms with van der Waals surface area (Å²) >= 11 is 0. The average molecular weight is 335 g/mol. The first-order valence-electron chi connectivity index (χ1n) is 6.82. The van der Waals surface area contributed by atoms with Crippen molar-refractivity contribution in [1.29, 1.82) is 0 Å². The van der Waals surface area contributed by atoms with E-state index in [-0.39, 0.29) is 17.2 Å². The Labute approximate surface area is 132 Å². The van der Waals surface area contributed by atoms with Gasteiger partial charge < -0.3 is 9.88 Å². The molecule has 120 valence electrons. The first kappa shape index (κ1) is 15.3. The van der Waals surface area contributed by atoms with Gasteiger partial charge in [-0.1, -0.05) is 0 Å². The number of sulfone groups is 1. The van der Waals surface area contributed by atoms with Crippen LogP contribution in [0.4, 0.5) is 10.3 Å². The maximum Gasteiger partial charge on any atom is 0.224 e. The summed E-state index contributed by atoms with van der Waals surface area (Å²) in [5.41, 5.74) is 1.32. The number of benzene rings is 1. The Morgan fingerprint density at radius 3 is 2.70 bits per heavy atom. The molecule has 9 heteroatoms. The monoisotopic (exact) mass is 335 g/mol. The van der Waals surface area contributed by atoms with Gasteiger partial charge in [-0.3, -0.25) is 0 Å². The van der Waals surface area contributed by atoms with Crippen LogP contribution >= 0.6 is 0 Å². The highest BCUT2D eigenvalue weighted by molar-refractivity contribution is 7.91. The van der Waals surface area contributed by atoms with Crippen molar-refractivity contribution in [2.75, 3.05) is 17.6 Å². The van der Waals surface area contributed by atoms with E-state index in [1.54, 1.807) is 17.1 Å². The average Bonchev–Trinajstić information content (AvgIpc) is 2.89. The molecule has 0 aliphatic carbocycles. The van der Waals surface area contributed by atoms with Crippen molar-refractivity contribution < 1.29 is 12.8 Å². The fourth-order valence-corrected chi connectivity index (χ4v) is 3.22. The second-order valence-electron chi connectivity index (χ2n) is 4.96. The van der Waals surface area contributed by atoms with Crippen LogP contribution in [0.3, 0.4) is 0 Å². The molecule has 1 aromatic carbocycles. The van der Waals surface area contributed by atoms with Crippen molar-refractivity contribution in [1.82, 2.24) is 19.5 Å². The number of nitrogens with one attached hydrogen (secondary N) is 1. The summed E-state index contributed by atoms with van der Waals surface area (Å²) < 4.78 is 38.9. The Morgan fingerprint density at radius 2 is 1.96 bits per heavy atom. The van der Waals surface area contributed by atoms with Gasteiger partial charge >= 0.3 is 0 Å². The van der Waals surface area contributed by atoms with Gasteiger partial charge in [0.2, 0.25) is 5.95 Å². The second-order valence-corrected chi connectivity index (χ2v) is 7.07. The maximum atomic E-state index is 12.9. The lowest BCUT2D eigenvalue weighted by molar-refractivity contribution is 0.595. The molecule has 2 aromatic heterocycles. The topological polar surface area (TPSA) is 89.8 Å². The van der Waals surface area contributed by atoms with E-state index in [0.29, 0.717) is 17.1 Å². The Kier molecular flexibility index (Phi) is 3.95. The molecule has 3 aromatic rings. The number of anilines is 1. The third kappa shape index (κ3) is 3.29. The van der Waals surface area contributed by atoms with E-state index in [1.165, 1.54) is 12.1 Å². The number of halogens is 1. The van der Waals surface area contributed by atoms with Gasteiger partial charge in [0, 0.05) is 13.6 Å². The maximum absolute atomic E-state index is 12.9. The zero-order chi connectivity index (χ0) is 16.4. The standard InChI is InChI=1S/C14H14FN5O2S/c1-20-9-18-12-8-17-14(19-13(12)20)16-6-7-23(21,22)11-4-2-10(15)3-5-11/h2-5,8-9H,6-7H2,1H3,(H,16,17,19). The Bertz CT molecular complexity index is 937. The first-order chi connectivity index (χ1) is 11.0. The minimum absolute atomic E-state index is 0.0868. The van der Waals surface area contributed by atoms with Crippen LogP contribution in [-0.4, -0.2) is 40.2 Å². The number of hydrogen-bond acceptors (Lipinski definition) is 6. The van der Waals surface area contributed by atoms with E-state index in [0.717, 1.165) is 12.1 Å². The summed E-state index contributed by atoms with van der Waals surface area (Å²) in [6.07, 6.45) is 3.20. The predicted molar refractivity (Wildman–Crippen MR) is 83.2 cm³/mol. The van der Waals surface area contributed by atoms with Crippen LogP contribution in [0.5, 0.6) is 0 Å². The summed E-state index contributed by atoms with van der Waals surface area (Å²) in [6, 6.07) is 4.76. The van der Waals surface area contributed by atoms with Crippen LogP contribution in [0, 0.1) is 5.82 Å². The summed E-state index contributed by atoms with van der Waals surface area (Å²) in [5, 5.41) is 2.87. The van der Waals surface area contributed by atoms with E-state index in [1.807, 2.05) is 7.05 Å². The van der Waals surface area contributed by atoms with Gasteiger partial charge in [0.15, 0.2) is 15.5 Å². The van der Waals surface area contributed by atoms with Gasteiger partial charge in [0.25, 0.3) is 0 Å². The van der Waals surface area contributed by atoms with E-state index in [4.69, 9.17) is 0 Å². The molecule has 2 heterocycles. The fourth-order valence-electron chi connectivity index (χ4n) is 2.06. The van der Waals surface area contributed by atoms with Gasteiger partial charge in [0.05, 0.1) is 23.2 Å². The summed E-state index contributed by atoms with van der Waals surface area (Å²) in [6.45, 7) is 0.142. The fraction of sp³-hybridized carbons (Fsp3) is 0.214. The minimum Gasteiger partial charge on any atom is -0.353 e. The highest BCUT2D eigenvalue weighted by Gasteiger charge is 2.14. The van der Waals surface area contributed by atoms with Gasteiger partial charge in [-0.05, 0) is 24.3 Å². The van der Waals surface area contributed by atoms with Gasteiger partial charge in [-0.15, -0.1) is 0 Å². The lowest BCUT2D eigenvalue weighted by Crippen LogP contribution is -2.17. The van der Waals surface area contributed by atoms with Crippen molar-refractivity contribution in [2.45, 2.75) is 4.90 Å². The van der Waals surface area contributed by atoms with Crippen LogP contribution < -0.4 is 5.32 Å². The van der Waals surface area contributed by atoms with E-state index < -0.39 is 15.7 Å². The molecule has 1 N–H and O–H groups in total. The Hall–Kier alpha value is -2.55. The quantitative estimate of drug-likeness (QED) is 0.709. The van der Waals surface area contributed by atoms with Crippen molar-refractivity contribution in [2.24, 2.45) is 7.05 Å². The largest absolute Gasteiger partial charge is 0.353 e. The highest BCUT2D eigenvalue weighted by atomic mass is 32.2. The summed E-state index contributed by atoms with van der Waals surface area (Å²) in [5.74, 6) is -0.291. The van der Waals surface area contributed by atoms with E-state index >= 15 is 0 Å². The number of aryl methyl sites for hydroxylation is 1. The van der Waals surface area contributed by atoms with Crippen LogP contribution in [0.25, 0.3) is 11.2 Å². The lowest BCUT2D eigenvalue weighted by Gasteiger charge is -2.06. The van der Waals surface area contributed by atoms with Crippen molar-refractivity contribution >= 4 is 26.9 Å². The smallest absolute Gasteiger partial charge is 0.224 e. The molecular formula is C14H14FN5O2S. The number of hydrogen-bond donors (Lipinski definition) is 1. The highest BCUT2D eigenvalue weighted by Crippen LogP contribution is 2.13. The second kappa shape index (κ2) is 5.92. The third-order valence-corrected chi connectivity index (χ3v) is 5.01. The Balaban J connectivity index is 1.67. The molecule has 0 saturated heterocycles. The molecule has 3 rings (SSSR count). The normalized spacial score (nSPS) is 11.7. The van der Waals surface area contributed by atoms with Crippen molar-refractivity contribution in [3.8, 4) is 0 Å². The van der Waals surface area contributed by atoms with Crippen LogP contribution in [0.15, 0.2) is 41.7 Å². The molecule has 0 aliphatic rings. The van der Waals surface area contributed by atoms with Gasteiger partial charge in [0.1, 0.15) is 11.3 Å². The summed E-state index contributed by atoms with van der Waals surface area (Å²) in [4.78, 5) is 12.6. The van der Waals surface area contributed by atoms with E-state index in [2.05, 4.69) is 20.3 Å². The molecule has 0 unspecified atom stereocenters. The number of fused-ring (bicyclic) bond motifs is 1. The molecule has 0 atom stereocenters. The molecule has 0 amide bonds. The molecule has 0 saturated carbocycles. The zero-order valence-electron chi connectivity index (χ0n) is 12.3. The molecule has 23 heavy (non-hydrogen) atoms. The van der Waals surface area contributed by atoms with Crippen molar-refractivity contribution in [3.63, 3.8) is 0 Å². The lowest BCUT2D eigenvalue weighted by atomic mass is 10.4. The number of aromatic nitrogens is 4. The predicted octanol–water partition coefficient (Wildman–Crippen LogP) is 1.39. The van der Waals surface area contributed by atoms with Gasteiger partial charge in [-0.2, -0.15) is 4.98 Å². The van der Waals surface area contributed by atoms with Crippen LogP contribution in [-0.2, 0) is 16.9 Å².